The van der Waals surface area contributed by atoms with Crippen LogP contribution in [0.3, 0.4) is 0 Å². The predicted octanol–water partition coefficient (Wildman–Crippen LogP) is 1.77. The Morgan fingerprint density at radius 2 is 2.12 bits per heavy atom. The molecule has 2 aliphatic heterocycles. The summed E-state index contributed by atoms with van der Waals surface area (Å²) in [5.74, 6) is 0.506. The molecular formula is C19H25N3O2. The molecule has 1 spiro atoms. The van der Waals surface area contributed by atoms with E-state index in [0.717, 1.165) is 49.2 Å². The van der Waals surface area contributed by atoms with Gasteiger partial charge in [-0.05, 0) is 61.9 Å². The molecule has 1 aromatic rings. The second-order valence-corrected chi connectivity index (χ2v) is 7.62. The van der Waals surface area contributed by atoms with Gasteiger partial charge in [0.2, 0.25) is 11.8 Å². The monoisotopic (exact) mass is 327 g/mol. The first-order valence-corrected chi connectivity index (χ1v) is 8.91. The second kappa shape index (κ2) is 5.59. The van der Waals surface area contributed by atoms with E-state index >= 15 is 0 Å². The van der Waals surface area contributed by atoms with Gasteiger partial charge in [0.1, 0.15) is 0 Å². The Labute approximate surface area is 142 Å². The zero-order valence-electron chi connectivity index (χ0n) is 14.4. The lowest BCUT2D eigenvalue weighted by atomic mass is 9.91. The van der Waals surface area contributed by atoms with Crippen LogP contribution < -0.4 is 15.5 Å². The average molecular weight is 327 g/mol. The number of carbonyl (C=O) groups excluding carboxylic acids is 2. The van der Waals surface area contributed by atoms with Gasteiger partial charge in [-0.25, -0.2) is 0 Å². The number of piperidine rings is 1. The third kappa shape index (κ3) is 2.51. The molecule has 4 rings (SSSR count). The van der Waals surface area contributed by atoms with Crippen molar-refractivity contribution in [3.8, 4) is 0 Å². The molecule has 0 bridgehead atoms. The van der Waals surface area contributed by atoms with Crippen LogP contribution in [0.25, 0.3) is 0 Å². The molecule has 1 saturated heterocycles. The van der Waals surface area contributed by atoms with Gasteiger partial charge >= 0.3 is 0 Å². The smallest absolute Gasteiger partial charge is 0.231 e. The van der Waals surface area contributed by atoms with Crippen LogP contribution in [-0.2, 0) is 16.0 Å². The fourth-order valence-corrected chi connectivity index (χ4v) is 4.35. The molecule has 2 atom stereocenters. The highest BCUT2D eigenvalue weighted by Crippen LogP contribution is 2.58. The van der Waals surface area contributed by atoms with Gasteiger partial charge in [-0.1, -0.05) is 12.1 Å². The van der Waals surface area contributed by atoms with E-state index in [4.69, 9.17) is 0 Å². The molecule has 128 valence electrons. The van der Waals surface area contributed by atoms with Crippen molar-refractivity contribution < 1.29 is 9.59 Å². The van der Waals surface area contributed by atoms with E-state index in [1.165, 1.54) is 0 Å². The number of carbonyl (C=O) groups is 2. The standard InChI is InChI=1S/C19H25N3O2/c1-12(13-3-4-16-14(9-13)10-17(23)22(16)2)21-18(24)15-11-19(15)5-7-20-8-6-19/h3-4,9,12,15,20H,5-8,10-11H2,1-2H3,(H,21,24). The molecule has 5 nitrogen and oxygen atoms in total. The van der Waals surface area contributed by atoms with Crippen molar-refractivity contribution >= 4 is 17.5 Å². The summed E-state index contributed by atoms with van der Waals surface area (Å²) in [5, 5.41) is 6.56. The van der Waals surface area contributed by atoms with Gasteiger partial charge in [0.15, 0.2) is 0 Å². The normalized spacial score (nSPS) is 25.5. The van der Waals surface area contributed by atoms with Crippen LogP contribution >= 0.6 is 0 Å². The van der Waals surface area contributed by atoms with Crippen molar-refractivity contribution in [2.24, 2.45) is 11.3 Å². The number of hydrogen-bond donors (Lipinski definition) is 2. The Bertz CT molecular complexity index is 694. The largest absolute Gasteiger partial charge is 0.349 e. The van der Waals surface area contributed by atoms with E-state index in [-0.39, 0.29) is 29.2 Å². The van der Waals surface area contributed by atoms with Gasteiger partial charge in [-0.15, -0.1) is 0 Å². The molecular weight excluding hydrogens is 302 g/mol. The minimum Gasteiger partial charge on any atom is -0.349 e. The number of hydrogen-bond acceptors (Lipinski definition) is 3. The second-order valence-electron chi connectivity index (χ2n) is 7.62. The molecule has 2 heterocycles. The molecule has 2 amide bonds. The lowest BCUT2D eigenvalue weighted by Gasteiger charge is -2.24. The lowest BCUT2D eigenvalue weighted by molar-refractivity contribution is -0.124. The number of amides is 2. The van der Waals surface area contributed by atoms with Crippen LogP contribution in [0.15, 0.2) is 18.2 Å². The first kappa shape index (κ1) is 15.6. The van der Waals surface area contributed by atoms with Crippen LogP contribution in [0.2, 0.25) is 0 Å². The molecule has 2 fully saturated rings. The van der Waals surface area contributed by atoms with E-state index in [0.29, 0.717) is 6.42 Å². The molecule has 1 aliphatic carbocycles. The maximum absolute atomic E-state index is 12.6. The van der Waals surface area contributed by atoms with Crippen LogP contribution in [-0.4, -0.2) is 32.0 Å². The third-order valence-corrected chi connectivity index (χ3v) is 6.14. The lowest BCUT2D eigenvalue weighted by Crippen LogP contribution is -2.34. The Morgan fingerprint density at radius 3 is 2.88 bits per heavy atom. The van der Waals surface area contributed by atoms with E-state index < -0.39 is 0 Å². The summed E-state index contributed by atoms with van der Waals surface area (Å²) in [5.41, 5.74) is 3.38. The van der Waals surface area contributed by atoms with Crippen molar-refractivity contribution in [2.75, 3.05) is 25.0 Å². The van der Waals surface area contributed by atoms with Gasteiger partial charge < -0.3 is 15.5 Å². The quantitative estimate of drug-likeness (QED) is 0.889. The topological polar surface area (TPSA) is 61.4 Å². The SMILES string of the molecule is CC(NC(=O)C1CC12CCNCC2)c1ccc2c(c1)CC(=O)N2C. The predicted molar refractivity (Wildman–Crippen MR) is 92.8 cm³/mol. The molecule has 1 saturated carbocycles. The first-order chi connectivity index (χ1) is 11.5. The summed E-state index contributed by atoms with van der Waals surface area (Å²) in [6, 6.07) is 6.05. The summed E-state index contributed by atoms with van der Waals surface area (Å²) in [6.45, 7) is 4.09. The number of nitrogens with zero attached hydrogens (tertiary/aromatic N) is 1. The van der Waals surface area contributed by atoms with Crippen molar-refractivity contribution in [1.82, 2.24) is 10.6 Å². The van der Waals surface area contributed by atoms with E-state index in [1.807, 2.05) is 26.1 Å². The molecule has 0 radical (unpaired) electrons. The molecule has 0 aromatic heterocycles. The summed E-state index contributed by atoms with van der Waals surface area (Å²) < 4.78 is 0. The Kier molecular flexibility index (Phi) is 3.64. The van der Waals surface area contributed by atoms with Crippen LogP contribution in [0.4, 0.5) is 5.69 Å². The summed E-state index contributed by atoms with van der Waals surface area (Å²) in [4.78, 5) is 26.1. The van der Waals surface area contributed by atoms with Gasteiger partial charge in [0.05, 0.1) is 12.5 Å². The zero-order chi connectivity index (χ0) is 16.9. The summed E-state index contributed by atoms with van der Waals surface area (Å²) >= 11 is 0. The number of nitrogens with one attached hydrogen (secondary N) is 2. The maximum Gasteiger partial charge on any atom is 0.231 e. The first-order valence-electron chi connectivity index (χ1n) is 8.91. The molecule has 24 heavy (non-hydrogen) atoms. The van der Waals surface area contributed by atoms with E-state index in [9.17, 15) is 9.59 Å². The highest BCUT2D eigenvalue weighted by atomic mass is 16.2. The van der Waals surface area contributed by atoms with Gasteiger partial charge in [-0.2, -0.15) is 0 Å². The van der Waals surface area contributed by atoms with Crippen LogP contribution in [0.1, 0.15) is 43.4 Å². The van der Waals surface area contributed by atoms with E-state index in [2.05, 4.69) is 16.7 Å². The number of fused-ring (bicyclic) bond motifs is 1. The molecule has 1 aromatic carbocycles. The van der Waals surface area contributed by atoms with Gasteiger partial charge in [0.25, 0.3) is 0 Å². The average Bonchev–Trinajstić information content (AvgIpc) is 3.19. The minimum atomic E-state index is -0.0248. The molecule has 5 heteroatoms. The van der Waals surface area contributed by atoms with Crippen molar-refractivity contribution in [2.45, 2.75) is 38.6 Å². The van der Waals surface area contributed by atoms with Gasteiger partial charge in [-0.3, -0.25) is 9.59 Å². The van der Waals surface area contributed by atoms with Crippen molar-refractivity contribution in [3.63, 3.8) is 0 Å². The van der Waals surface area contributed by atoms with Crippen molar-refractivity contribution in [1.29, 1.82) is 0 Å². The van der Waals surface area contributed by atoms with E-state index in [1.54, 1.807) is 4.90 Å². The summed E-state index contributed by atoms with van der Waals surface area (Å²) in [6.07, 6.45) is 3.73. The molecule has 2 N–H and O–H groups in total. The van der Waals surface area contributed by atoms with Gasteiger partial charge in [0, 0.05) is 18.7 Å². The van der Waals surface area contributed by atoms with Crippen LogP contribution in [0, 0.1) is 11.3 Å². The highest BCUT2D eigenvalue weighted by molar-refractivity contribution is 6.01. The maximum atomic E-state index is 12.6. The fourth-order valence-electron chi connectivity index (χ4n) is 4.35. The minimum absolute atomic E-state index is 0.0248. The Balaban J connectivity index is 1.42. The Morgan fingerprint density at radius 1 is 1.38 bits per heavy atom. The Hall–Kier alpha value is -1.88. The molecule has 3 aliphatic rings. The fraction of sp³-hybridized carbons (Fsp3) is 0.579. The number of likely N-dealkylation sites (N-methyl/N-ethyl adjacent to an activating group) is 1. The number of anilines is 1. The summed E-state index contributed by atoms with van der Waals surface area (Å²) in [7, 11) is 1.81. The zero-order valence-corrected chi connectivity index (χ0v) is 14.4. The number of benzene rings is 1. The van der Waals surface area contributed by atoms with Crippen molar-refractivity contribution in [3.05, 3.63) is 29.3 Å². The number of rotatable bonds is 3. The third-order valence-electron chi connectivity index (χ3n) is 6.14. The van der Waals surface area contributed by atoms with Crippen LogP contribution in [0.5, 0.6) is 0 Å². The highest BCUT2D eigenvalue weighted by Gasteiger charge is 2.57. The molecule has 2 unspecified atom stereocenters.